The Morgan fingerprint density at radius 2 is 1.95 bits per heavy atom. The van der Waals surface area contributed by atoms with Crippen LogP contribution in [0, 0.1) is 5.82 Å². The Hall–Kier alpha value is -1.72. The van der Waals surface area contributed by atoms with Gasteiger partial charge in [-0.2, -0.15) is 11.3 Å². The summed E-state index contributed by atoms with van der Waals surface area (Å²) in [6.45, 7) is 5.05. The number of hydrogen-bond acceptors (Lipinski definition) is 3. The lowest BCUT2D eigenvalue weighted by Gasteiger charge is -2.28. The molecule has 1 unspecified atom stereocenters. The van der Waals surface area contributed by atoms with Crippen molar-refractivity contribution in [2.45, 2.75) is 31.8 Å². The molecule has 2 aromatic rings. The number of carbonyl (C=O) groups is 1. The zero-order valence-electron chi connectivity index (χ0n) is 12.9. The van der Waals surface area contributed by atoms with Crippen LogP contribution in [-0.2, 0) is 15.8 Å². The second-order valence-corrected chi connectivity index (χ2v) is 6.85. The first kappa shape index (κ1) is 16.6. The summed E-state index contributed by atoms with van der Waals surface area (Å²) in [5.41, 5.74) is -1.08. The standard InChI is InChI=1S/C17H20FNO2S/c1-16(2,13-6-4-5-7-14(13)18)15(20)19-11-17(3,21)12-8-9-22-10-12/h4-10,21H,11H2,1-3H3,(H,19,20). The van der Waals surface area contributed by atoms with Crippen LogP contribution in [0.2, 0.25) is 0 Å². The first-order valence-corrected chi connectivity index (χ1v) is 7.98. The molecule has 118 valence electrons. The van der Waals surface area contributed by atoms with Crippen molar-refractivity contribution in [3.05, 3.63) is 58.0 Å². The van der Waals surface area contributed by atoms with Gasteiger partial charge in [-0.05, 0) is 49.2 Å². The molecule has 0 radical (unpaired) electrons. The Morgan fingerprint density at radius 3 is 2.55 bits per heavy atom. The first-order valence-electron chi connectivity index (χ1n) is 7.03. The number of halogens is 1. The Morgan fingerprint density at radius 1 is 1.27 bits per heavy atom. The number of rotatable bonds is 5. The Labute approximate surface area is 133 Å². The molecule has 0 spiro atoms. The van der Waals surface area contributed by atoms with Crippen molar-refractivity contribution >= 4 is 17.2 Å². The lowest BCUT2D eigenvalue weighted by Crippen LogP contribution is -2.46. The summed E-state index contributed by atoms with van der Waals surface area (Å²) >= 11 is 1.48. The lowest BCUT2D eigenvalue weighted by molar-refractivity contribution is -0.127. The van der Waals surface area contributed by atoms with Gasteiger partial charge in [-0.1, -0.05) is 18.2 Å². The second kappa shape index (κ2) is 6.18. The zero-order valence-corrected chi connectivity index (χ0v) is 13.7. The maximum absolute atomic E-state index is 13.9. The van der Waals surface area contributed by atoms with Crippen LogP contribution >= 0.6 is 11.3 Å². The van der Waals surface area contributed by atoms with E-state index in [0.717, 1.165) is 5.56 Å². The molecule has 0 aliphatic carbocycles. The van der Waals surface area contributed by atoms with Crippen molar-refractivity contribution < 1.29 is 14.3 Å². The third-order valence-corrected chi connectivity index (χ3v) is 4.53. The third kappa shape index (κ3) is 3.36. The summed E-state index contributed by atoms with van der Waals surface area (Å²) in [6, 6.07) is 8.06. The molecule has 0 saturated carbocycles. The molecule has 0 aliphatic rings. The average Bonchev–Trinajstić information content (AvgIpc) is 3.00. The number of amides is 1. The molecule has 0 saturated heterocycles. The maximum atomic E-state index is 13.9. The van der Waals surface area contributed by atoms with Gasteiger partial charge in [0.1, 0.15) is 11.4 Å². The largest absolute Gasteiger partial charge is 0.384 e. The topological polar surface area (TPSA) is 49.3 Å². The molecular formula is C17H20FNO2S. The van der Waals surface area contributed by atoms with Crippen molar-refractivity contribution in [3.63, 3.8) is 0 Å². The van der Waals surface area contributed by atoms with Crippen molar-refractivity contribution in [2.75, 3.05) is 6.54 Å². The fourth-order valence-corrected chi connectivity index (χ4v) is 3.02. The smallest absolute Gasteiger partial charge is 0.230 e. The van der Waals surface area contributed by atoms with Crippen LogP contribution in [0.5, 0.6) is 0 Å². The van der Waals surface area contributed by atoms with Gasteiger partial charge in [0, 0.05) is 5.56 Å². The number of nitrogens with one attached hydrogen (secondary N) is 1. The predicted molar refractivity (Wildman–Crippen MR) is 86.3 cm³/mol. The molecule has 2 rings (SSSR count). The van der Waals surface area contributed by atoms with Crippen molar-refractivity contribution in [1.82, 2.24) is 5.32 Å². The normalized spacial score (nSPS) is 14.4. The minimum atomic E-state index is -1.15. The Balaban J connectivity index is 2.10. The van der Waals surface area contributed by atoms with E-state index in [9.17, 15) is 14.3 Å². The van der Waals surface area contributed by atoms with Crippen LogP contribution in [-0.4, -0.2) is 17.6 Å². The van der Waals surface area contributed by atoms with Crippen LogP contribution in [0.3, 0.4) is 0 Å². The second-order valence-electron chi connectivity index (χ2n) is 6.07. The van der Waals surface area contributed by atoms with Gasteiger partial charge >= 0.3 is 0 Å². The SMILES string of the molecule is CC(O)(CNC(=O)C(C)(C)c1ccccc1F)c1ccsc1. The minimum Gasteiger partial charge on any atom is -0.384 e. The van der Waals surface area contributed by atoms with Gasteiger partial charge in [0.2, 0.25) is 5.91 Å². The van der Waals surface area contributed by atoms with Crippen LogP contribution < -0.4 is 5.32 Å². The summed E-state index contributed by atoms with van der Waals surface area (Å²) in [4.78, 5) is 12.4. The highest BCUT2D eigenvalue weighted by molar-refractivity contribution is 7.08. The van der Waals surface area contributed by atoms with E-state index >= 15 is 0 Å². The molecule has 1 heterocycles. The maximum Gasteiger partial charge on any atom is 0.230 e. The van der Waals surface area contributed by atoms with Crippen LogP contribution in [0.1, 0.15) is 31.9 Å². The van der Waals surface area contributed by atoms with E-state index in [4.69, 9.17) is 0 Å². The average molecular weight is 321 g/mol. The zero-order chi connectivity index (χ0) is 16.4. The molecule has 1 aromatic heterocycles. The van der Waals surface area contributed by atoms with Crippen molar-refractivity contribution in [3.8, 4) is 0 Å². The summed E-state index contributed by atoms with van der Waals surface area (Å²) in [7, 11) is 0. The van der Waals surface area contributed by atoms with Crippen LogP contribution in [0.25, 0.3) is 0 Å². The van der Waals surface area contributed by atoms with E-state index in [0.29, 0.717) is 5.56 Å². The predicted octanol–water partition coefficient (Wildman–Crippen LogP) is 3.19. The molecule has 5 heteroatoms. The van der Waals surface area contributed by atoms with Crippen molar-refractivity contribution in [1.29, 1.82) is 0 Å². The van der Waals surface area contributed by atoms with E-state index in [-0.39, 0.29) is 12.5 Å². The van der Waals surface area contributed by atoms with Gasteiger partial charge in [-0.3, -0.25) is 4.79 Å². The highest BCUT2D eigenvalue weighted by Crippen LogP contribution is 2.27. The number of hydrogen-bond donors (Lipinski definition) is 2. The van der Waals surface area contributed by atoms with Crippen molar-refractivity contribution in [2.24, 2.45) is 0 Å². The Kier molecular flexibility index (Phi) is 4.68. The molecule has 3 nitrogen and oxygen atoms in total. The van der Waals surface area contributed by atoms with Gasteiger partial charge in [-0.25, -0.2) is 4.39 Å². The molecule has 1 atom stereocenters. The number of benzene rings is 1. The Bertz CT molecular complexity index is 650. The molecule has 2 N–H and O–H groups in total. The van der Waals surface area contributed by atoms with E-state index in [2.05, 4.69) is 5.32 Å². The van der Waals surface area contributed by atoms with E-state index in [1.165, 1.54) is 17.4 Å². The fourth-order valence-electron chi connectivity index (χ4n) is 2.24. The molecule has 0 bridgehead atoms. The van der Waals surface area contributed by atoms with Gasteiger partial charge < -0.3 is 10.4 Å². The number of aliphatic hydroxyl groups is 1. The first-order chi connectivity index (χ1) is 10.2. The summed E-state index contributed by atoms with van der Waals surface area (Å²) < 4.78 is 13.9. The van der Waals surface area contributed by atoms with Crippen LogP contribution in [0.15, 0.2) is 41.1 Å². The molecular weight excluding hydrogens is 301 g/mol. The monoisotopic (exact) mass is 321 g/mol. The summed E-state index contributed by atoms with van der Waals surface area (Å²) in [5.74, 6) is -0.736. The van der Waals surface area contributed by atoms with E-state index in [1.807, 2.05) is 16.8 Å². The molecule has 1 aromatic carbocycles. The highest BCUT2D eigenvalue weighted by Gasteiger charge is 2.34. The van der Waals surface area contributed by atoms with Gasteiger partial charge in [0.25, 0.3) is 0 Å². The number of thiophene rings is 1. The van der Waals surface area contributed by atoms with Gasteiger partial charge in [-0.15, -0.1) is 0 Å². The van der Waals surface area contributed by atoms with Crippen LogP contribution in [0.4, 0.5) is 4.39 Å². The number of carbonyl (C=O) groups excluding carboxylic acids is 1. The molecule has 0 fully saturated rings. The van der Waals surface area contributed by atoms with E-state index in [1.54, 1.807) is 39.0 Å². The lowest BCUT2D eigenvalue weighted by atomic mass is 9.83. The fraction of sp³-hybridized carbons (Fsp3) is 0.353. The van der Waals surface area contributed by atoms with E-state index < -0.39 is 16.8 Å². The van der Waals surface area contributed by atoms with Gasteiger partial charge in [0.05, 0.1) is 12.0 Å². The summed E-state index contributed by atoms with van der Waals surface area (Å²) in [5, 5.41) is 16.9. The third-order valence-electron chi connectivity index (χ3n) is 3.85. The molecule has 1 amide bonds. The van der Waals surface area contributed by atoms with Gasteiger partial charge in [0.15, 0.2) is 0 Å². The molecule has 22 heavy (non-hydrogen) atoms. The molecule has 0 aliphatic heterocycles. The quantitative estimate of drug-likeness (QED) is 0.888. The minimum absolute atomic E-state index is 0.0699. The highest BCUT2D eigenvalue weighted by atomic mass is 32.1. The summed E-state index contributed by atoms with van der Waals surface area (Å²) in [6.07, 6.45) is 0.